The number of hydrogen-bond acceptors (Lipinski definition) is 0. The van der Waals surface area contributed by atoms with Crippen LogP contribution in [-0.4, -0.2) is 5.33 Å². The fourth-order valence-corrected chi connectivity index (χ4v) is 4.12. The molecule has 0 spiro atoms. The smallest absolute Gasteiger partial charge is 0.00704 e. The van der Waals surface area contributed by atoms with E-state index in [1.807, 2.05) is 0 Å². The lowest BCUT2D eigenvalue weighted by Crippen LogP contribution is -2.12. The van der Waals surface area contributed by atoms with Gasteiger partial charge in [-0.1, -0.05) is 50.5 Å². The lowest BCUT2D eigenvalue weighted by atomic mass is 9.86. The van der Waals surface area contributed by atoms with E-state index in [2.05, 4.69) is 50.5 Å². The molecule has 0 nitrogen and oxygen atoms in total. The van der Waals surface area contributed by atoms with Crippen LogP contribution in [0.25, 0.3) is 0 Å². The van der Waals surface area contributed by atoms with Crippen molar-refractivity contribution in [3.05, 3.63) is 0 Å². The largest absolute Gasteiger partial charge is 0.0925 e. The molecule has 2 atom stereocenters. The Hall–Kier alpha value is 0.480. The summed E-state index contributed by atoms with van der Waals surface area (Å²) < 4.78 is 0. The first-order valence-corrected chi connectivity index (χ1v) is 5.57. The van der Waals surface area contributed by atoms with Crippen LogP contribution in [0.1, 0.15) is 34.6 Å². The van der Waals surface area contributed by atoms with Gasteiger partial charge in [-0.05, 0) is 22.7 Å². The van der Waals surface area contributed by atoms with Gasteiger partial charge in [-0.2, -0.15) is 0 Å². The molecule has 1 aliphatic carbocycles. The predicted octanol–water partition coefficient (Wildman–Crippen LogP) is 3.70. The molecular formula is C10H19Br. The van der Waals surface area contributed by atoms with Gasteiger partial charge in [0.05, 0.1) is 0 Å². The van der Waals surface area contributed by atoms with Crippen LogP contribution >= 0.6 is 15.9 Å². The van der Waals surface area contributed by atoms with Crippen molar-refractivity contribution in [2.24, 2.45) is 22.7 Å². The Morgan fingerprint density at radius 2 is 1.73 bits per heavy atom. The Morgan fingerprint density at radius 3 is 1.82 bits per heavy atom. The van der Waals surface area contributed by atoms with Crippen LogP contribution in [0.3, 0.4) is 0 Å². The minimum Gasteiger partial charge on any atom is -0.0925 e. The van der Waals surface area contributed by atoms with E-state index in [4.69, 9.17) is 0 Å². The van der Waals surface area contributed by atoms with Gasteiger partial charge in [0.25, 0.3) is 0 Å². The third kappa shape index (κ3) is 0.998. The monoisotopic (exact) mass is 218 g/mol. The van der Waals surface area contributed by atoms with Gasteiger partial charge in [-0.25, -0.2) is 0 Å². The minimum atomic E-state index is 0.546. The topological polar surface area (TPSA) is 0 Å². The standard InChI is InChI=1S/C10H19Br/c1-7(2)10(5)8(6-11)9(10,3)4/h7-8H,6H2,1-5H3. The first-order chi connectivity index (χ1) is 4.89. The number of halogens is 1. The van der Waals surface area contributed by atoms with Crippen LogP contribution in [-0.2, 0) is 0 Å². The molecule has 0 saturated heterocycles. The number of hydrogen-bond donors (Lipinski definition) is 0. The molecule has 0 bridgehead atoms. The lowest BCUT2D eigenvalue weighted by molar-refractivity contribution is 0.304. The van der Waals surface area contributed by atoms with Gasteiger partial charge in [-0.15, -0.1) is 0 Å². The summed E-state index contributed by atoms with van der Waals surface area (Å²) in [7, 11) is 0. The first-order valence-electron chi connectivity index (χ1n) is 4.45. The second kappa shape index (κ2) is 2.48. The molecule has 0 aromatic rings. The third-order valence-corrected chi connectivity index (χ3v) is 4.90. The summed E-state index contributed by atoms with van der Waals surface area (Å²) in [6.45, 7) is 11.9. The van der Waals surface area contributed by atoms with E-state index in [1.165, 1.54) is 0 Å². The summed E-state index contributed by atoms with van der Waals surface area (Å²) in [4.78, 5) is 0. The van der Waals surface area contributed by atoms with Crippen LogP contribution in [0.5, 0.6) is 0 Å². The van der Waals surface area contributed by atoms with Crippen LogP contribution in [0.2, 0.25) is 0 Å². The number of alkyl halides is 1. The SMILES string of the molecule is CC(C)C1(C)C(CBr)C1(C)C. The van der Waals surface area contributed by atoms with Crippen LogP contribution in [0.15, 0.2) is 0 Å². The summed E-state index contributed by atoms with van der Waals surface area (Å²) in [5.74, 6) is 1.68. The molecule has 2 unspecified atom stereocenters. The van der Waals surface area contributed by atoms with E-state index in [-0.39, 0.29) is 0 Å². The Labute approximate surface area is 78.9 Å². The summed E-state index contributed by atoms with van der Waals surface area (Å²) in [6.07, 6.45) is 0. The summed E-state index contributed by atoms with van der Waals surface area (Å²) >= 11 is 3.60. The lowest BCUT2D eigenvalue weighted by Gasteiger charge is -2.18. The molecule has 1 fully saturated rings. The fourth-order valence-electron chi connectivity index (χ4n) is 2.64. The molecule has 0 radical (unpaired) electrons. The highest BCUT2D eigenvalue weighted by atomic mass is 79.9. The van der Waals surface area contributed by atoms with E-state index >= 15 is 0 Å². The average Bonchev–Trinajstić information content (AvgIpc) is 2.29. The predicted molar refractivity (Wildman–Crippen MR) is 54.0 cm³/mol. The van der Waals surface area contributed by atoms with Gasteiger partial charge < -0.3 is 0 Å². The third-order valence-electron chi connectivity index (χ3n) is 4.25. The number of rotatable bonds is 2. The van der Waals surface area contributed by atoms with E-state index in [0.29, 0.717) is 10.8 Å². The molecule has 1 aliphatic rings. The highest BCUT2D eigenvalue weighted by molar-refractivity contribution is 9.09. The molecule has 0 N–H and O–H groups in total. The maximum absolute atomic E-state index is 3.60. The van der Waals surface area contributed by atoms with E-state index < -0.39 is 0 Å². The second-order valence-corrected chi connectivity index (χ2v) is 5.51. The maximum Gasteiger partial charge on any atom is 0.00704 e. The van der Waals surface area contributed by atoms with Crippen molar-refractivity contribution in [2.45, 2.75) is 34.6 Å². The molecule has 0 heterocycles. The van der Waals surface area contributed by atoms with E-state index in [0.717, 1.165) is 17.2 Å². The van der Waals surface area contributed by atoms with Crippen molar-refractivity contribution in [1.82, 2.24) is 0 Å². The summed E-state index contributed by atoms with van der Waals surface area (Å²) in [5, 5.41) is 1.16. The molecule has 1 rings (SSSR count). The molecule has 1 heteroatoms. The van der Waals surface area contributed by atoms with Gasteiger partial charge >= 0.3 is 0 Å². The highest BCUT2D eigenvalue weighted by Crippen LogP contribution is 2.72. The van der Waals surface area contributed by atoms with Crippen LogP contribution < -0.4 is 0 Å². The molecule has 1 saturated carbocycles. The van der Waals surface area contributed by atoms with Crippen molar-refractivity contribution >= 4 is 15.9 Å². The normalized spacial score (nSPS) is 41.2. The van der Waals surface area contributed by atoms with Crippen LogP contribution in [0.4, 0.5) is 0 Å². The molecule has 0 amide bonds. The summed E-state index contributed by atoms with van der Waals surface area (Å²) in [6, 6.07) is 0. The quantitative estimate of drug-likeness (QED) is 0.621. The van der Waals surface area contributed by atoms with E-state index in [9.17, 15) is 0 Å². The van der Waals surface area contributed by atoms with Gasteiger partial charge in [0, 0.05) is 5.33 Å². The Bertz CT molecular complexity index is 160. The summed E-state index contributed by atoms with van der Waals surface area (Å²) in [5.41, 5.74) is 1.11. The molecule has 0 aliphatic heterocycles. The zero-order valence-electron chi connectivity index (χ0n) is 8.24. The fraction of sp³-hybridized carbons (Fsp3) is 1.00. The van der Waals surface area contributed by atoms with Crippen molar-refractivity contribution < 1.29 is 0 Å². The first kappa shape index (κ1) is 9.57. The zero-order chi connectivity index (χ0) is 8.86. The minimum absolute atomic E-state index is 0.546. The van der Waals surface area contributed by atoms with Gasteiger partial charge in [0.1, 0.15) is 0 Å². The molecule has 66 valence electrons. The Kier molecular flexibility index (Phi) is 2.16. The average molecular weight is 219 g/mol. The van der Waals surface area contributed by atoms with Gasteiger partial charge in [-0.3, -0.25) is 0 Å². The second-order valence-electron chi connectivity index (χ2n) is 4.87. The molecule has 0 aromatic carbocycles. The van der Waals surface area contributed by atoms with Crippen molar-refractivity contribution in [3.63, 3.8) is 0 Å². The van der Waals surface area contributed by atoms with Gasteiger partial charge in [0.2, 0.25) is 0 Å². The molecule has 0 aromatic heterocycles. The van der Waals surface area contributed by atoms with Crippen molar-refractivity contribution in [2.75, 3.05) is 5.33 Å². The van der Waals surface area contributed by atoms with Crippen molar-refractivity contribution in [1.29, 1.82) is 0 Å². The highest BCUT2D eigenvalue weighted by Gasteiger charge is 2.67. The van der Waals surface area contributed by atoms with Gasteiger partial charge in [0.15, 0.2) is 0 Å². The maximum atomic E-state index is 3.60. The van der Waals surface area contributed by atoms with Crippen LogP contribution in [0, 0.1) is 22.7 Å². The zero-order valence-corrected chi connectivity index (χ0v) is 9.83. The Morgan fingerprint density at radius 1 is 1.27 bits per heavy atom. The van der Waals surface area contributed by atoms with Crippen molar-refractivity contribution in [3.8, 4) is 0 Å². The molecule has 11 heavy (non-hydrogen) atoms. The Balaban J connectivity index is 2.78. The van der Waals surface area contributed by atoms with E-state index in [1.54, 1.807) is 0 Å². The molecular weight excluding hydrogens is 200 g/mol.